The van der Waals surface area contributed by atoms with E-state index in [9.17, 15) is 9.59 Å². The minimum atomic E-state index is -0.593. The van der Waals surface area contributed by atoms with Gasteiger partial charge in [0.15, 0.2) is 5.78 Å². The summed E-state index contributed by atoms with van der Waals surface area (Å²) in [4.78, 5) is 24.9. The molecule has 0 radical (unpaired) electrons. The monoisotopic (exact) mass is 426 g/mol. The lowest BCUT2D eigenvalue weighted by Gasteiger charge is -2.15. The zero-order valence-corrected chi connectivity index (χ0v) is 19.5. The van der Waals surface area contributed by atoms with Crippen molar-refractivity contribution in [3.8, 4) is 11.5 Å². The second kappa shape index (κ2) is 13.8. The average molecular weight is 427 g/mol. The molecule has 0 aliphatic heterocycles. The lowest BCUT2D eigenvalue weighted by atomic mass is 9.90. The van der Waals surface area contributed by atoms with Crippen LogP contribution in [-0.4, -0.2) is 18.4 Å². The Bertz CT molecular complexity index is 758. The summed E-state index contributed by atoms with van der Waals surface area (Å²) < 4.78 is 11.1. The molecule has 0 saturated heterocycles. The molecule has 0 bridgehead atoms. The molecule has 0 fully saturated rings. The molecule has 0 N–H and O–H groups in total. The van der Waals surface area contributed by atoms with Crippen molar-refractivity contribution in [3.63, 3.8) is 0 Å². The van der Waals surface area contributed by atoms with Crippen LogP contribution < -0.4 is 9.47 Å². The van der Waals surface area contributed by atoms with Crippen LogP contribution in [0.2, 0.25) is 0 Å². The number of carbonyl (C=O) groups is 2. The summed E-state index contributed by atoms with van der Waals surface area (Å²) in [7, 11) is 0. The molecule has 1 aromatic rings. The van der Waals surface area contributed by atoms with Gasteiger partial charge in [0.2, 0.25) is 0 Å². The minimum absolute atomic E-state index is 0.123. The summed E-state index contributed by atoms with van der Waals surface area (Å²) in [5.41, 5.74) is 1.22. The van der Waals surface area contributed by atoms with Crippen LogP contribution in [0, 0.1) is 5.92 Å². The Labute approximate surface area is 187 Å². The Balaban J connectivity index is 1.80. The van der Waals surface area contributed by atoms with Crippen molar-refractivity contribution in [1.29, 1.82) is 0 Å². The molecule has 0 spiro atoms. The first-order chi connectivity index (χ1) is 15.0. The zero-order chi connectivity index (χ0) is 22.5. The van der Waals surface area contributed by atoms with E-state index in [4.69, 9.17) is 9.47 Å². The molecule has 1 aliphatic carbocycles. The molecule has 170 valence electrons. The first-order valence-corrected chi connectivity index (χ1v) is 11.9. The second-order valence-electron chi connectivity index (χ2n) is 8.56. The van der Waals surface area contributed by atoms with Crippen LogP contribution in [0.4, 0.5) is 0 Å². The van der Waals surface area contributed by atoms with E-state index in [1.807, 2.05) is 6.08 Å². The minimum Gasteiger partial charge on any atom is -0.494 e. The molecule has 1 atom stereocenters. The van der Waals surface area contributed by atoms with Crippen LogP contribution in [0.5, 0.6) is 11.5 Å². The average Bonchev–Trinajstić information content (AvgIpc) is 2.76. The molecule has 0 saturated carbocycles. The lowest BCUT2D eigenvalue weighted by Crippen LogP contribution is -2.20. The number of ketones is 1. The van der Waals surface area contributed by atoms with Gasteiger partial charge in [-0.25, -0.2) is 4.79 Å². The normalized spacial score (nSPS) is 14.6. The molecule has 2 rings (SSSR count). The maximum absolute atomic E-state index is 12.4. The van der Waals surface area contributed by atoms with E-state index in [1.165, 1.54) is 38.5 Å². The van der Waals surface area contributed by atoms with Crippen LogP contribution >= 0.6 is 0 Å². The summed E-state index contributed by atoms with van der Waals surface area (Å²) in [6, 6.07) is 6.99. The van der Waals surface area contributed by atoms with Crippen LogP contribution in [0.15, 0.2) is 47.6 Å². The largest absolute Gasteiger partial charge is 0.494 e. The first-order valence-electron chi connectivity index (χ1n) is 11.9. The van der Waals surface area contributed by atoms with Crippen molar-refractivity contribution in [2.24, 2.45) is 5.92 Å². The smallest absolute Gasteiger partial charge is 0.347 e. The molecule has 4 heteroatoms. The Kier molecular flexibility index (Phi) is 11.1. The van der Waals surface area contributed by atoms with Crippen molar-refractivity contribution in [2.75, 3.05) is 6.61 Å². The summed E-state index contributed by atoms with van der Waals surface area (Å²) in [6.07, 6.45) is 14.2. The van der Waals surface area contributed by atoms with Gasteiger partial charge < -0.3 is 9.47 Å². The number of unbranched alkanes of at least 4 members (excludes halogenated alkanes) is 4. The van der Waals surface area contributed by atoms with Gasteiger partial charge in [0.1, 0.15) is 17.1 Å². The van der Waals surface area contributed by atoms with Crippen molar-refractivity contribution >= 4 is 11.8 Å². The van der Waals surface area contributed by atoms with Crippen molar-refractivity contribution in [2.45, 2.75) is 85.0 Å². The van der Waals surface area contributed by atoms with E-state index >= 15 is 0 Å². The van der Waals surface area contributed by atoms with E-state index in [0.29, 0.717) is 24.7 Å². The molecule has 0 heterocycles. The van der Waals surface area contributed by atoms with Crippen LogP contribution in [0.1, 0.15) is 85.0 Å². The predicted molar refractivity (Wildman–Crippen MR) is 125 cm³/mol. The fourth-order valence-corrected chi connectivity index (χ4v) is 3.74. The SMILES string of the molecule is CCCCCCCOc1ccc(OC(=O)C2=CC=C(CCC(C)CCC)CC2=O)cc1. The Morgan fingerprint density at radius 3 is 2.32 bits per heavy atom. The quantitative estimate of drug-likeness (QED) is 0.139. The molecule has 1 aromatic carbocycles. The van der Waals surface area contributed by atoms with Crippen molar-refractivity contribution in [3.05, 3.63) is 47.6 Å². The highest BCUT2D eigenvalue weighted by Crippen LogP contribution is 2.25. The highest BCUT2D eigenvalue weighted by atomic mass is 16.5. The van der Waals surface area contributed by atoms with Gasteiger partial charge in [-0.15, -0.1) is 0 Å². The van der Waals surface area contributed by atoms with E-state index in [-0.39, 0.29) is 11.4 Å². The number of hydrogen-bond donors (Lipinski definition) is 0. The number of carbonyl (C=O) groups excluding carboxylic acids is 2. The van der Waals surface area contributed by atoms with Gasteiger partial charge in [0, 0.05) is 6.42 Å². The highest BCUT2D eigenvalue weighted by Gasteiger charge is 2.23. The van der Waals surface area contributed by atoms with E-state index in [1.54, 1.807) is 30.3 Å². The van der Waals surface area contributed by atoms with Gasteiger partial charge >= 0.3 is 5.97 Å². The maximum Gasteiger partial charge on any atom is 0.347 e. The fourth-order valence-electron chi connectivity index (χ4n) is 3.74. The highest BCUT2D eigenvalue weighted by molar-refractivity contribution is 6.19. The van der Waals surface area contributed by atoms with Crippen molar-refractivity contribution < 1.29 is 19.1 Å². The topological polar surface area (TPSA) is 52.6 Å². The van der Waals surface area contributed by atoms with Crippen LogP contribution in [-0.2, 0) is 9.59 Å². The van der Waals surface area contributed by atoms with E-state index in [2.05, 4.69) is 20.8 Å². The third-order valence-electron chi connectivity index (χ3n) is 5.68. The molecule has 1 aliphatic rings. The summed E-state index contributed by atoms with van der Waals surface area (Å²) in [6.45, 7) is 7.33. The number of allylic oxidation sites excluding steroid dienone is 3. The van der Waals surface area contributed by atoms with Gasteiger partial charge in [-0.2, -0.15) is 0 Å². The number of ether oxygens (including phenoxy) is 2. The van der Waals surface area contributed by atoms with Gasteiger partial charge in [-0.3, -0.25) is 4.79 Å². The molecule has 0 amide bonds. The van der Waals surface area contributed by atoms with Gasteiger partial charge in [-0.05, 0) is 55.5 Å². The number of Topliss-reactive ketones (excluding diaryl/α,β-unsaturated/α-hetero) is 1. The molecule has 1 unspecified atom stereocenters. The van der Waals surface area contributed by atoms with Crippen molar-refractivity contribution in [1.82, 2.24) is 0 Å². The molecule has 31 heavy (non-hydrogen) atoms. The third kappa shape index (κ3) is 9.12. The summed E-state index contributed by atoms with van der Waals surface area (Å²) >= 11 is 0. The van der Waals surface area contributed by atoms with E-state index < -0.39 is 5.97 Å². The predicted octanol–water partition coefficient (Wildman–Crippen LogP) is 6.98. The Hall–Kier alpha value is -2.36. The second-order valence-corrected chi connectivity index (χ2v) is 8.56. The summed E-state index contributed by atoms with van der Waals surface area (Å²) in [5.74, 6) is 1.08. The molecule has 4 nitrogen and oxygen atoms in total. The summed E-state index contributed by atoms with van der Waals surface area (Å²) in [5, 5.41) is 0. The van der Waals surface area contributed by atoms with Gasteiger partial charge in [-0.1, -0.05) is 70.9 Å². The lowest BCUT2D eigenvalue weighted by molar-refractivity contribution is -0.132. The standard InChI is InChI=1S/C27H38O4/c1-4-6-7-8-9-19-30-23-14-16-24(17-15-23)31-27(29)25-18-13-22(20-26(25)28)12-11-21(3)10-5-2/h13-18,21H,4-12,19-20H2,1-3H3. The van der Waals surface area contributed by atoms with Gasteiger partial charge in [0.25, 0.3) is 0 Å². The maximum atomic E-state index is 12.4. The van der Waals surface area contributed by atoms with Crippen LogP contribution in [0.3, 0.4) is 0 Å². The van der Waals surface area contributed by atoms with Gasteiger partial charge in [0.05, 0.1) is 6.61 Å². The fraction of sp³-hybridized carbons (Fsp3) is 0.556. The molecule has 0 aromatic heterocycles. The first kappa shape index (κ1) is 24.9. The van der Waals surface area contributed by atoms with Crippen LogP contribution in [0.25, 0.3) is 0 Å². The molecular formula is C27H38O4. The Morgan fingerprint density at radius 1 is 0.935 bits per heavy atom. The number of benzene rings is 1. The zero-order valence-electron chi connectivity index (χ0n) is 19.5. The number of hydrogen-bond acceptors (Lipinski definition) is 4. The molecular weight excluding hydrogens is 388 g/mol. The number of rotatable bonds is 14. The Morgan fingerprint density at radius 2 is 1.65 bits per heavy atom. The third-order valence-corrected chi connectivity index (χ3v) is 5.68. The van der Waals surface area contributed by atoms with E-state index in [0.717, 1.165) is 30.6 Å². The number of esters is 1.